The second-order valence-corrected chi connectivity index (χ2v) is 7.80. The number of likely N-dealkylation sites (tertiary alicyclic amines) is 1. The van der Waals surface area contributed by atoms with Crippen LogP contribution in [0, 0.1) is 11.3 Å². The lowest BCUT2D eigenvalue weighted by molar-refractivity contribution is -0.130. The molecule has 1 fully saturated rings. The average molecular weight is 367 g/mol. The molecule has 0 spiro atoms. The van der Waals surface area contributed by atoms with Crippen LogP contribution in [0.2, 0.25) is 0 Å². The van der Waals surface area contributed by atoms with Gasteiger partial charge in [-0.25, -0.2) is 0 Å². The molecule has 1 aliphatic rings. The van der Waals surface area contributed by atoms with Crippen LogP contribution in [-0.2, 0) is 11.2 Å². The van der Waals surface area contributed by atoms with E-state index in [1.165, 1.54) is 5.56 Å². The average Bonchev–Trinajstić information content (AvgIpc) is 2.96. The number of Topliss-reactive ketones (excluding diaryl/α,β-unsaturated/α-hetero) is 1. The van der Waals surface area contributed by atoms with E-state index in [1.54, 1.807) is 0 Å². The van der Waals surface area contributed by atoms with Crippen molar-refractivity contribution >= 4 is 24.1 Å². The maximum absolute atomic E-state index is 12.3. The quantitative estimate of drug-likeness (QED) is 0.751. The summed E-state index contributed by atoms with van der Waals surface area (Å²) in [5.74, 6) is 0.709. The molecule has 5 heteroatoms. The van der Waals surface area contributed by atoms with Crippen LogP contribution in [0.15, 0.2) is 24.3 Å². The smallest absolute Gasteiger partial charge is 0.223 e. The molecule has 1 heterocycles. The Morgan fingerprint density at radius 3 is 2.36 bits per heavy atom. The molecule has 1 aliphatic heterocycles. The third kappa shape index (κ3) is 6.12. The van der Waals surface area contributed by atoms with Crippen LogP contribution in [0.5, 0.6) is 0 Å². The first-order valence-electron chi connectivity index (χ1n) is 8.93. The fourth-order valence-electron chi connectivity index (χ4n) is 3.22. The maximum Gasteiger partial charge on any atom is 0.223 e. The number of carbonyl (C=O) groups excluding carboxylic acids is 2. The SMILES string of the molecule is CC(C)Cc1ccc(C(=O)CCC(=O)N2CCC(C)(CN)C2)cc1.Cl. The Morgan fingerprint density at radius 1 is 1.20 bits per heavy atom. The van der Waals surface area contributed by atoms with E-state index in [2.05, 4.69) is 20.8 Å². The van der Waals surface area contributed by atoms with E-state index in [0.717, 1.165) is 19.4 Å². The van der Waals surface area contributed by atoms with Gasteiger partial charge < -0.3 is 10.6 Å². The summed E-state index contributed by atoms with van der Waals surface area (Å²) in [6.07, 6.45) is 2.52. The fourth-order valence-corrected chi connectivity index (χ4v) is 3.22. The van der Waals surface area contributed by atoms with Gasteiger partial charge in [0.25, 0.3) is 0 Å². The Bertz CT molecular complexity index is 586. The molecule has 25 heavy (non-hydrogen) atoms. The van der Waals surface area contributed by atoms with Gasteiger partial charge in [0.05, 0.1) is 0 Å². The molecule has 0 aliphatic carbocycles. The summed E-state index contributed by atoms with van der Waals surface area (Å²) in [5, 5.41) is 0. The summed E-state index contributed by atoms with van der Waals surface area (Å²) in [7, 11) is 0. The van der Waals surface area contributed by atoms with E-state index in [-0.39, 0.29) is 42.4 Å². The highest BCUT2D eigenvalue weighted by molar-refractivity contribution is 5.98. The Hall–Kier alpha value is -1.39. The molecule has 1 amide bonds. The predicted molar refractivity (Wildman–Crippen MR) is 104 cm³/mol. The van der Waals surface area contributed by atoms with Gasteiger partial charge in [-0.3, -0.25) is 9.59 Å². The molecule has 0 bridgehead atoms. The Kier molecular flexibility index (Phi) is 8.10. The van der Waals surface area contributed by atoms with Gasteiger partial charge in [-0.05, 0) is 36.3 Å². The highest BCUT2D eigenvalue weighted by atomic mass is 35.5. The van der Waals surface area contributed by atoms with E-state index in [1.807, 2.05) is 29.2 Å². The van der Waals surface area contributed by atoms with Crippen molar-refractivity contribution in [2.45, 2.75) is 46.5 Å². The Morgan fingerprint density at radius 2 is 1.84 bits per heavy atom. The van der Waals surface area contributed by atoms with Crippen LogP contribution in [0.25, 0.3) is 0 Å². The van der Waals surface area contributed by atoms with Crippen LogP contribution in [0.1, 0.15) is 56.0 Å². The fraction of sp³-hybridized carbons (Fsp3) is 0.600. The number of nitrogens with zero attached hydrogens (tertiary/aromatic N) is 1. The van der Waals surface area contributed by atoms with Crippen molar-refractivity contribution in [2.75, 3.05) is 19.6 Å². The molecule has 1 atom stereocenters. The highest BCUT2D eigenvalue weighted by Gasteiger charge is 2.34. The minimum atomic E-state index is 0. The molecule has 0 radical (unpaired) electrons. The van der Waals surface area contributed by atoms with E-state index >= 15 is 0 Å². The van der Waals surface area contributed by atoms with Crippen LogP contribution < -0.4 is 5.73 Å². The molecule has 2 rings (SSSR count). The lowest BCUT2D eigenvalue weighted by Gasteiger charge is -2.22. The van der Waals surface area contributed by atoms with Crippen molar-refractivity contribution in [2.24, 2.45) is 17.1 Å². The van der Waals surface area contributed by atoms with Gasteiger partial charge in [-0.15, -0.1) is 12.4 Å². The van der Waals surface area contributed by atoms with Crippen LogP contribution in [0.3, 0.4) is 0 Å². The number of amides is 1. The second-order valence-electron chi connectivity index (χ2n) is 7.80. The van der Waals surface area contributed by atoms with Crippen molar-refractivity contribution in [3.05, 3.63) is 35.4 Å². The molecule has 1 aromatic rings. The summed E-state index contributed by atoms with van der Waals surface area (Å²) in [6.45, 7) is 8.53. The van der Waals surface area contributed by atoms with Gasteiger partial charge in [0.15, 0.2) is 5.78 Å². The van der Waals surface area contributed by atoms with Crippen LogP contribution >= 0.6 is 12.4 Å². The third-order valence-corrected chi connectivity index (χ3v) is 4.89. The summed E-state index contributed by atoms with van der Waals surface area (Å²) < 4.78 is 0. The zero-order valence-corrected chi connectivity index (χ0v) is 16.4. The van der Waals surface area contributed by atoms with Gasteiger partial charge in [0.2, 0.25) is 5.91 Å². The molecule has 0 aromatic heterocycles. The topological polar surface area (TPSA) is 63.4 Å². The molecule has 4 nitrogen and oxygen atoms in total. The second kappa shape index (κ2) is 9.35. The molecule has 1 saturated heterocycles. The third-order valence-electron chi connectivity index (χ3n) is 4.89. The van der Waals surface area contributed by atoms with Crippen molar-refractivity contribution in [1.82, 2.24) is 4.90 Å². The normalized spacial score (nSPS) is 19.8. The number of hydrogen-bond donors (Lipinski definition) is 1. The van der Waals surface area contributed by atoms with Crippen molar-refractivity contribution in [3.63, 3.8) is 0 Å². The standard InChI is InChI=1S/C20H30N2O2.ClH/c1-15(2)12-16-4-6-17(7-5-16)18(23)8-9-19(24)22-11-10-20(3,13-21)14-22;/h4-7,15H,8-14,21H2,1-3H3;1H. The van der Waals surface area contributed by atoms with Crippen molar-refractivity contribution in [1.29, 1.82) is 0 Å². The molecule has 2 N–H and O–H groups in total. The van der Waals surface area contributed by atoms with Gasteiger partial charge in [-0.2, -0.15) is 0 Å². The van der Waals surface area contributed by atoms with E-state index in [0.29, 0.717) is 24.6 Å². The molecular formula is C20H31ClN2O2. The van der Waals surface area contributed by atoms with E-state index in [9.17, 15) is 9.59 Å². The monoisotopic (exact) mass is 366 g/mol. The molecular weight excluding hydrogens is 336 g/mol. The summed E-state index contributed by atoms with van der Waals surface area (Å²) in [6, 6.07) is 7.79. The summed E-state index contributed by atoms with van der Waals surface area (Å²) >= 11 is 0. The number of nitrogens with two attached hydrogens (primary N) is 1. The van der Waals surface area contributed by atoms with E-state index in [4.69, 9.17) is 5.73 Å². The maximum atomic E-state index is 12.3. The van der Waals surface area contributed by atoms with Crippen molar-refractivity contribution in [3.8, 4) is 0 Å². The number of carbonyl (C=O) groups is 2. The number of ketones is 1. The first kappa shape index (κ1) is 21.7. The van der Waals surface area contributed by atoms with Crippen LogP contribution in [0.4, 0.5) is 0 Å². The Balaban J connectivity index is 0.00000312. The molecule has 140 valence electrons. The Labute approximate surface area is 157 Å². The largest absolute Gasteiger partial charge is 0.342 e. The molecule has 1 aromatic carbocycles. The lowest BCUT2D eigenvalue weighted by Crippen LogP contribution is -2.34. The first-order valence-corrected chi connectivity index (χ1v) is 8.93. The first-order chi connectivity index (χ1) is 11.3. The zero-order valence-electron chi connectivity index (χ0n) is 15.6. The number of rotatable bonds is 7. The summed E-state index contributed by atoms with van der Waals surface area (Å²) in [4.78, 5) is 26.4. The summed E-state index contributed by atoms with van der Waals surface area (Å²) in [5.41, 5.74) is 7.76. The number of benzene rings is 1. The van der Waals surface area contributed by atoms with Gasteiger partial charge >= 0.3 is 0 Å². The molecule has 1 unspecified atom stereocenters. The lowest BCUT2D eigenvalue weighted by atomic mass is 9.90. The predicted octanol–water partition coefficient (Wildman–Crippen LogP) is 3.47. The number of halogens is 1. The number of hydrogen-bond acceptors (Lipinski definition) is 3. The zero-order chi connectivity index (χ0) is 17.7. The molecule has 0 saturated carbocycles. The minimum absolute atomic E-state index is 0. The van der Waals surface area contributed by atoms with Gasteiger partial charge in [0, 0.05) is 31.5 Å². The van der Waals surface area contributed by atoms with Gasteiger partial charge in [-0.1, -0.05) is 45.0 Å². The van der Waals surface area contributed by atoms with Crippen molar-refractivity contribution < 1.29 is 9.59 Å². The minimum Gasteiger partial charge on any atom is -0.342 e. The van der Waals surface area contributed by atoms with E-state index < -0.39 is 0 Å². The van der Waals surface area contributed by atoms with Crippen LogP contribution in [-0.4, -0.2) is 36.2 Å². The highest BCUT2D eigenvalue weighted by Crippen LogP contribution is 2.29. The van der Waals surface area contributed by atoms with Gasteiger partial charge in [0.1, 0.15) is 0 Å².